The molecule has 0 bridgehead atoms. The number of carbonyl (C=O) groups is 1. The Hall–Kier alpha value is -0.570. The molecule has 1 rings (SSSR count). The zero-order valence-electron chi connectivity index (χ0n) is 4.85. The van der Waals surface area contributed by atoms with Gasteiger partial charge in [-0.1, -0.05) is 0 Å². The summed E-state index contributed by atoms with van der Waals surface area (Å²) in [7, 11) is 0. The van der Waals surface area contributed by atoms with Gasteiger partial charge < -0.3 is 10.9 Å². The molecular weight excluding hydrogens is 106 g/mol. The molecule has 0 aromatic rings. The van der Waals surface area contributed by atoms with Gasteiger partial charge in [0.1, 0.15) is 0 Å². The largest absolute Gasteiger partial charge is 0.466 e. The summed E-state index contributed by atoms with van der Waals surface area (Å²) in [6, 6.07) is 0. The molecule has 0 aliphatic carbocycles. The Morgan fingerprint density at radius 3 is 2.38 bits per heavy atom. The maximum absolute atomic E-state index is 10.2. The monoisotopic (exact) mass is 117 g/mol. The van der Waals surface area contributed by atoms with Crippen molar-refractivity contribution in [2.45, 2.75) is 19.3 Å². The number of hydrogen-bond donors (Lipinski definition) is 1. The second-order valence-electron chi connectivity index (χ2n) is 1.68. The minimum absolute atomic E-state index is 0. The third kappa shape index (κ3) is 1.93. The molecule has 0 atom stereocenters. The van der Waals surface area contributed by atoms with Gasteiger partial charge in [0.25, 0.3) is 0 Å². The molecule has 1 saturated heterocycles. The predicted molar refractivity (Wildman–Crippen MR) is 29.8 cm³/mol. The fraction of sp³-hybridized carbons (Fsp3) is 0.800. The lowest BCUT2D eigenvalue weighted by molar-refractivity contribution is -0.146. The van der Waals surface area contributed by atoms with Gasteiger partial charge in [-0.05, 0) is 12.8 Å². The number of ether oxygens (including phenoxy) is 1. The van der Waals surface area contributed by atoms with Crippen LogP contribution < -0.4 is 6.15 Å². The molecule has 3 N–H and O–H groups in total. The van der Waals surface area contributed by atoms with Crippen LogP contribution in [0.1, 0.15) is 19.3 Å². The average molecular weight is 117 g/mol. The molecule has 1 heterocycles. The van der Waals surface area contributed by atoms with Crippen molar-refractivity contribution >= 4 is 5.97 Å². The van der Waals surface area contributed by atoms with Gasteiger partial charge in [-0.25, -0.2) is 0 Å². The van der Waals surface area contributed by atoms with Gasteiger partial charge in [-0.15, -0.1) is 0 Å². The van der Waals surface area contributed by atoms with E-state index >= 15 is 0 Å². The molecule has 3 nitrogen and oxygen atoms in total. The van der Waals surface area contributed by atoms with E-state index < -0.39 is 0 Å². The van der Waals surface area contributed by atoms with Crippen LogP contribution in [-0.4, -0.2) is 12.6 Å². The van der Waals surface area contributed by atoms with Crippen LogP contribution >= 0.6 is 0 Å². The summed E-state index contributed by atoms with van der Waals surface area (Å²) in [5.41, 5.74) is 0. The smallest absolute Gasteiger partial charge is 0.305 e. The quantitative estimate of drug-likeness (QED) is 0.479. The lowest BCUT2D eigenvalue weighted by Crippen LogP contribution is -2.10. The first kappa shape index (κ1) is 7.43. The topological polar surface area (TPSA) is 61.3 Å². The predicted octanol–water partition coefficient (Wildman–Crippen LogP) is 0.876. The summed E-state index contributed by atoms with van der Waals surface area (Å²) >= 11 is 0. The van der Waals surface area contributed by atoms with E-state index in [1.807, 2.05) is 0 Å². The van der Waals surface area contributed by atoms with Gasteiger partial charge in [-0.3, -0.25) is 4.79 Å². The highest BCUT2D eigenvalue weighted by Crippen LogP contribution is 2.04. The average Bonchev–Trinajstić information content (AvgIpc) is 1.69. The second kappa shape index (κ2) is 3.43. The van der Waals surface area contributed by atoms with Crippen molar-refractivity contribution in [2.75, 3.05) is 6.61 Å². The van der Waals surface area contributed by atoms with Crippen molar-refractivity contribution in [2.24, 2.45) is 0 Å². The Bertz CT molecular complexity index is 74.5. The van der Waals surface area contributed by atoms with Crippen molar-refractivity contribution in [3.05, 3.63) is 0 Å². The standard InChI is InChI=1S/C5H8O2.H3N/c6-5-3-1-2-4-7-5;/h1-4H2;1H3. The summed E-state index contributed by atoms with van der Waals surface area (Å²) in [6.45, 7) is 0.638. The second-order valence-corrected chi connectivity index (χ2v) is 1.68. The van der Waals surface area contributed by atoms with Gasteiger partial charge in [0, 0.05) is 6.42 Å². The summed E-state index contributed by atoms with van der Waals surface area (Å²) in [5, 5.41) is 0. The van der Waals surface area contributed by atoms with Gasteiger partial charge in [0.2, 0.25) is 0 Å². The summed E-state index contributed by atoms with van der Waals surface area (Å²) in [4.78, 5) is 10.2. The lowest BCUT2D eigenvalue weighted by atomic mass is 10.2. The minimum Gasteiger partial charge on any atom is -0.466 e. The number of esters is 1. The summed E-state index contributed by atoms with van der Waals surface area (Å²) in [6.07, 6.45) is 2.69. The SMILES string of the molecule is N.O=C1CCCCO1. The third-order valence-electron chi connectivity index (χ3n) is 1.04. The van der Waals surface area contributed by atoms with Crippen LogP contribution in [0.3, 0.4) is 0 Å². The number of cyclic esters (lactones) is 1. The van der Waals surface area contributed by atoms with Crippen LogP contribution in [0.4, 0.5) is 0 Å². The van der Waals surface area contributed by atoms with Crippen LogP contribution in [-0.2, 0) is 9.53 Å². The Labute approximate surface area is 48.6 Å². The lowest BCUT2D eigenvalue weighted by Gasteiger charge is -2.08. The van der Waals surface area contributed by atoms with Crippen molar-refractivity contribution < 1.29 is 9.53 Å². The first-order valence-electron chi connectivity index (χ1n) is 2.55. The molecule has 0 radical (unpaired) electrons. The van der Waals surface area contributed by atoms with Crippen LogP contribution in [0.15, 0.2) is 0 Å². The molecule has 1 aliphatic heterocycles. The van der Waals surface area contributed by atoms with E-state index in [4.69, 9.17) is 0 Å². The molecule has 1 fully saturated rings. The fourth-order valence-corrected chi connectivity index (χ4v) is 0.630. The van der Waals surface area contributed by atoms with Gasteiger partial charge >= 0.3 is 5.97 Å². The van der Waals surface area contributed by atoms with Crippen LogP contribution in [0.5, 0.6) is 0 Å². The minimum atomic E-state index is -0.0359. The molecule has 0 unspecified atom stereocenters. The Morgan fingerprint density at radius 2 is 2.12 bits per heavy atom. The number of hydrogen-bond acceptors (Lipinski definition) is 3. The number of carbonyl (C=O) groups excluding carboxylic acids is 1. The van der Waals surface area contributed by atoms with Crippen LogP contribution in [0, 0.1) is 0 Å². The van der Waals surface area contributed by atoms with E-state index in [9.17, 15) is 4.79 Å². The van der Waals surface area contributed by atoms with Crippen molar-refractivity contribution in [1.29, 1.82) is 0 Å². The van der Waals surface area contributed by atoms with E-state index in [-0.39, 0.29) is 12.1 Å². The van der Waals surface area contributed by atoms with Crippen LogP contribution in [0.2, 0.25) is 0 Å². The Morgan fingerprint density at radius 1 is 1.38 bits per heavy atom. The highest BCUT2D eigenvalue weighted by Gasteiger charge is 2.06. The molecule has 1 aliphatic rings. The van der Waals surface area contributed by atoms with E-state index in [0.29, 0.717) is 13.0 Å². The first-order valence-corrected chi connectivity index (χ1v) is 2.55. The molecule has 0 amide bonds. The first-order chi connectivity index (χ1) is 3.39. The molecule has 0 spiro atoms. The molecule has 0 saturated carbocycles. The molecule has 0 aromatic heterocycles. The Kier molecular flexibility index (Phi) is 3.19. The highest BCUT2D eigenvalue weighted by molar-refractivity contribution is 5.69. The van der Waals surface area contributed by atoms with E-state index in [1.54, 1.807) is 0 Å². The molecule has 0 aromatic carbocycles. The maximum Gasteiger partial charge on any atom is 0.305 e. The van der Waals surface area contributed by atoms with Crippen molar-refractivity contribution in [1.82, 2.24) is 6.15 Å². The zero-order valence-corrected chi connectivity index (χ0v) is 4.85. The molecule has 3 heteroatoms. The summed E-state index contributed by atoms with van der Waals surface area (Å²) < 4.78 is 4.64. The van der Waals surface area contributed by atoms with Gasteiger partial charge in [0.05, 0.1) is 6.61 Å². The highest BCUT2D eigenvalue weighted by atomic mass is 16.5. The van der Waals surface area contributed by atoms with E-state index in [1.165, 1.54) is 0 Å². The van der Waals surface area contributed by atoms with Gasteiger partial charge in [-0.2, -0.15) is 0 Å². The summed E-state index contributed by atoms with van der Waals surface area (Å²) in [5.74, 6) is -0.0359. The molecule has 8 heavy (non-hydrogen) atoms. The van der Waals surface area contributed by atoms with E-state index in [2.05, 4.69) is 4.74 Å². The Balaban J connectivity index is 0.000000490. The molecular formula is C5H11NO2. The normalized spacial score (nSPS) is 18.8. The van der Waals surface area contributed by atoms with Crippen molar-refractivity contribution in [3.63, 3.8) is 0 Å². The van der Waals surface area contributed by atoms with Crippen molar-refractivity contribution in [3.8, 4) is 0 Å². The molecule has 48 valence electrons. The number of rotatable bonds is 0. The fourth-order valence-electron chi connectivity index (χ4n) is 0.630. The maximum atomic E-state index is 10.2. The van der Waals surface area contributed by atoms with Crippen LogP contribution in [0.25, 0.3) is 0 Å². The van der Waals surface area contributed by atoms with Gasteiger partial charge in [0.15, 0.2) is 0 Å². The third-order valence-corrected chi connectivity index (χ3v) is 1.04. The van der Waals surface area contributed by atoms with E-state index in [0.717, 1.165) is 12.8 Å². The zero-order chi connectivity index (χ0) is 5.11.